The number of aliphatic hydroxyl groups is 1. The topological polar surface area (TPSA) is 54.2 Å². The maximum absolute atomic E-state index is 9.55. The van der Waals surface area contributed by atoms with Crippen LogP contribution >= 0.6 is 0 Å². The molecule has 0 aromatic carbocycles. The van der Waals surface area contributed by atoms with E-state index in [-0.39, 0.29) is 12.6 Å². The molecule has 0 saturated carbocycles. The van der Waals surface area contributed by atoms with E-state index in [0.717, 1.165) is 43.9 Å². The fourth-order valence-corrected chi connectivity index (χ4v) is 3.64. The zero-order chi connectivity index (χ0) is 13.2. The predicted molar refractivity (Wildman–Crippen MR) is 73.1 cm³/mol. The van der Waals surface area contributed by atoms with Gasteiger partial charge in [0.25, 0.3) is 0 Å². The summed E-state index contributed by atoms with van der Waals surface area (Å²) in [5.41, 5.74) is 0. The first-order valence-corrected chi connectivity index (χ1v) is 7.61. The standard InChI is InChI=1S/C14H24N4O/c1-2-17-8-4-6-11(17)9-14-16-15-13-7-3-5-12(10-19)18(13)14/h11-12,19H,2-10H2,1H3. The van der Waals surface area contributed by atoms with Gasteiger partial charge in [0.05, 0.1) is 12.6 Å². The number of rotatable bonds is 4. The summed E-state index contributed by atoms with van der Waals surface area (Å²) in [6.07, 6.45) is 6.72. The number of nitrogens with zero attached hydrogens (tertiary/aromatic N) is 4. The summed E-state index contributed by atoms with van der Waals surface area (Å²) in [5.74, 6) is 2.15. The monoisotopic (exact) mass is 264 g/mol. The van der Waals surface area contributed by atoms with E-state index >= 15 is 0 Å². The summed E-state index contributed by atoms with van der Waals surface area (Å²) in [4.78, 5) is 2.54. The number of likely N-dealkylation sites (N-methyl/N-ethyl adjacent to an activating group) is 1. The van der Waals surface area contributed by atoms with Gasteiger partial charge in [-0.25, -0.2) is 0 Å². The van der Waals surface area contributed by atoms with Crippen molar-refractivity contribution in [1.82, 2.24) is 19.7 Å². The van der Waals surface area contributed by atoms with Gasteiger partial charge in [0.2, 0.25) is 0 Å². The van der Waals surface area contributed by atoms with E-state index in [0.29, 0.717) is 6.04 Å². The van der Waals surface area contributed by atoms with Crippen LogP contribution in [0.15, 0.2) is 0 Å². The summed E-state index contributed by atoms with van der Waals surface area (Å²) in [6, 6.07) is 0.810. The van der Waals surface area contributed by atoms with Crippen molar-refractivity contribution in [2.75, 3.05) is 19.7 Å². The molecule has 1 aromatic heterocycles. The second kappa shape index (κ2) is 5.59. The Hall–Kier alpha value is -0.940. The Morgan fingerprint density at radius 1 is 1.21 bits per heavy atom. The van der Waals surface area contributed by atoms with Crippen LogP contribution in [0.3, 0.4) is 0 Å². The zero-order valence-corrected chi connectivity index (χ0v) is 11.8. The largest absolute Gasteiger partial charge is 0.394 e. The minimum absolute atomic E-state index is 0.199. The van der Waals surface area contributed by atoms with Crippen LogP contribution in [0.5, 0.6) is 0 Å². The maximum atomic E-state index is 9.55. The van der Waals surface area contributed by atoms with Crippen molar-refractivity contribution in [3.63, 3.8) is 0 Å². The third-order valence-corrected chi connectivity index (χ3v) is 4.67. The van der Waals surface area contributed by atoms with Gasteiger partial charge < -0.3 is 14.6 Å². The molecule has 5 nitrogen and oxygen atoms in total. The normalized spacial score (nSPS) is 27.7. The molecule has 0 radical (unpaired) electrons. The molecule has 2 aliphatic heterocycles. The third-order valence-electron chi connectivity index (χ3n) is 4.67. The van der Waals surface area contributed by atoms with Crippen LogP contribution in [0, 0.1) is 0 Å². The van der Waals surface area contributed by atoms with E-state index in [1.54, 1.807) is 0 Å². The van der Waals surface area contributed by atoms with Crippen molar-refractivity contribution in [3.8, 4) is 0 Å². The Balaban J connectivity index is 1.80. The first-order chi connectivity index (χ1) is 9.33. The van der Waals surface area contributed by atoms with Crippen molar-refractivity contribution < 1.29 is 5.11 Å². The molecule has 2 atom stereocenters. The van der Waals surface area contributed by atoms with Crippen molar-refractivity contribution in [1.29, 1.82) is 0 Å². The SMILES string of the molecule is CCN1CCCC1Cc1nnc2n1C(CO)CCC2. The molecule has 2 unspecified atom stereocenters. The predicted octanol–water partition coefficient (Wildman–Crippen LogP) is 1.17. The number of aryl methyl sites for hydroxylation is 1. The van der Waals surface area contributed by atoms with Crippen molar-refractivity contribution in [2.24, 2.45) is 0 Å². The summed E-state index contributed by atoms with van der Waals surface area (Å²) in [5, 5.41) is 18.3. The average Bonchev–Trinajstić information content (AvgIpc) is 3.06. The molecule has 0 aliphatic carbocycles. The highest BCUT2D eigenvalue weighted by atomic mass is 16.3. The molecule has 1 saturated heterocycles. The highest BCUT2D eigenvalue weighted by molar-refractivity contribution is 5.04. The lowest BCUT2D eigenvalue weighted by Crippen LogP contribution is -2.32. The average molecular weight is 264 g/mol. The Morgan fingerprint density at radius 2 is 2.05 bits per heavy atom. The molecule has 0 spiro atoms. The van der Waals surface area contributed by atoms with Gasteiger partial charge in [-0.2, -0.15) is 0 Å². The van der Waals surface area contributed by atoms with Crippen LogP contribution in [-0.2, 0) is 12.8 Å². The Bertz CT molecular complexity index is 431. The molecular weight excluding hydrogens is 240 g/mol. The summed E-state index contributed by atoms with van der Waals surface area (Å²) in [6.45, 7) is 4.77. The highest BCUT2D eigenvalue weighted by Gasteiger charge is 2.29. The van der Waals surface area contributed by atoms with Crippen LogP contribution < -0.4 is 0 Å². The number of aliphatic hydroxyl groups excluding tert-OH is 1. The lowest BCUT2D eigenvalue weighted by molar-refractivity contribution is 0.199. The third kappa shape index (κ3) is 2.41. The van der Waals surface area contributed by atoms with Crippen LogP contribution in [0.25, 0.3) is 0 Å². The second-order valence-corrected chi connectivity index (χ2v) is 5.76. The van der Waals surface area contributed by atoms with Crippen LogP contribution in [0.2, 0.25) is 0 Å². The van der Waals surface area contributed by atoms with Gasteiger partial charge in [0.1, 0.15) is 11.6 Å². The Labute approximate surface area is 114 Å². The molecular formula is C14H24N4O. The lowest BCUT2D eigenvalue weighted by atomic mass is 10.0. The van der Waals surface area contributed by atoms with Gasteiger partial charge in [-0.05, 0) is 38.8 Å². The Morgan fingerprint density at radius 3 is 2.84 bits per heavy atom. The quantitative estimate of drug-likeness (QED) is 0.887. The number of fused-ring (bicyclic) bond motifs is 1. The van der Waals surface area contributed by atoms with E-state index < -0.39 is 0 Å². The summed E-state index contributed by atoms with van der Waals surface area (Å²) < 4.78 is 2.22. The molecule has 5 heteroatoms. The fourth-order valence-electron chi connectivity index (χ4n) is 3.64. The van der Waals surface area contributed by atoms with Gasteiger partial charge >= 0.3 is 0 Å². The van der Waals surface area contributed by atoms with Gasteiger partial charge in [0, 0.05) is 18.9 Å². The number of aromatic nitrogens is 3. The molecule has 1 fully saturated rings. The molecule has 1 N–H and O–H groups in total. The van der Waals surface area contributed by atoms with Gasteiger partial charge in [0.15, 0.2) is 0 Å². The number of hydrogen-bond acceptors (Lipinski definition) is 4. The van der Waals surface area contributed by atoms with Gasteiger partial charge in [-0.1, -0.05) is 6.92 Å². The number of likely N-dealkylation sites (tertiary alicyclic amines) is 1. The van der Waals surface area contributed by atoms with Gasteiger partial charge in [-0.15, -0.1) is 10.2 Å². The minimum Gasteiger partial charge on any atom is -0.394 e. The number of hydrogen-bond donors (Lipinski definition) is 1. The molecule has 0 bridgehead atoms. The van der Waals surface area contributed by atoms with Crippen LogP contribution in [-0.4, -0.2) is 50.5 Å². The summed E-state index contributed by atoms with van der Waals surface area (Å²) in [7, 11) is 0. The lowest BCUT2D eigenvalue weighted by Gasteiger charge is -2.27. The first-order valence-electron chi connectivity index (χ1n) is 7.61. The zero-order valence-electron chi connectivity index (χ0n) is 11.8. The van der Waals surface area contributed by atoms with Crippen LogP contribution in [0.4, 0.5) is 0 Å². The molecule has 3 heterocycles. The van der Waals surface area contributed by atoms with Crippen molar-refractivity contribution >= 4 is 0 Å². The molecule has 19 heavy (non-hydrogen) atoms. The van der Waals surface area contributed by atoms with Gasteiger partial charge in [-0.3, -0.25) is 0 Å². The van der Waals surface area contributed by atoms with E-state index in [2.05, 4.69) is 26.6 Å². The highest BCUT2D eigenvalue weighted by Crippen LogP contribution is 2.27. The van der Waals surface area contributed by atoms with E-state index in [1.165, 1.54) is 19.4 Å². The first kappa shape index (κ1) is 13.1. The van der Waals surface area contributed by atoms with E-state index in [1.807, 2.05) is 0 Å². The van der Waals surface area contributed by atoms with E-state index in [9.17, 15) is 5.11 Å². The molecule has 1 aromatic rings. The molecule has 106 valence electrons. The molecule has 3 rings (SSSR count). The van der Waals surface area contributed by atoms with Crippen molar-refractivity contribution in [2.45, 2.75) is 57.5 Å². The maximum Gasteiger partial charge on any atom is 0.134 e. The molecule has 2 aliphatic rings. The Kier molecular flexibility index (Phi) is 3.84. The molecule has 0 amide bonds. The second-order valence-electron chi connectivity index (χ2n) is 5.76. The fraction of sp³-hybridized carbons (Fsp3) is 0.857. The minimum atomic E-state index is 0.199. The smallest absolute Gasteiger partial charge is 0.134 e. The van der Waals surface area contributed by atoms with E-state index in [4.69, 9.17) is 0 Å². The van der Waals surface area contributed by atoms with Crippen LogP contribution in [0.1, 0.15) is 50.3 Å². The van der Waals surface area contributed by atoms with Crippen molar-refractivity contribution in [3.05, 3.63) is 11.6 Å². The summed E-state index contributed by atoms with van der Waals surface area (Å²) >= 11 is 0.